The smallest absolute Gasteiger partial charge is 0.344 e. The van der Waals surface area contributed by atoms with Crippen molar-refractivity contribution in [3.8, 4) is 5.75 Å². The molecule has 0 saturated carbocycles. The summed E-state index contributed by atoms with van der Waals surface area (Å²) in [7, 11) is -3.65. The van der Waals surface area contributed by atoms with Crippen molar-refractivity contribution in [2.75, 3.05) is 6.26 Å². The molecule has 0 bridgehead atoms. The Morgan fingerprint density at radius 2 is 2.06 bits per heavy atom. The summed E-state index contributed by atoms with van der Waals surface area (Å²) in [4.78, 5) is 11.3. The van der Waals surface area contributed by atoms with Crippen LogP contribution in [0.4, 0.5) is 0 Å². The largest absolute Gasteiger partial charge is 0.423 e. The summed E-state index contributed by atoms with van der Waals surface area (Å²) in [6.07, 6.45) is 0.923. The highest BCUT2D eigenvalue weighted by molar-refractivity contribution is 7.86. The van der Waals surface area contributed by atoms with E-state index in [0.29, 0.717) is 0 Å². The van der Waals surface area contributed by atoms with Crippen LogP contribution in [0.3, 0.4) is 0 Å². The molecule has 0 unspecified atom stereocenters. The minimum absolute atomic E-state index is 0.0517. The molecule has 16 heavy (non-hydrogen) atoms. The van der Waals surface area contributed by atoms with Crippen molar-refractivity contribution in [1.82, 2.24) is 0 Å². The summed E-state index contributed by atoms with van der Waals surface area (Å²) in [5.41, 5.74) is 0.545. The van der Waals surface area contributed by atoms with Gasteiger partial charge in [-0.25, -0.2) is 4.79 Å². The number of ether oxygens (including phenoxy) is 1. The van der Waals surface area contributed by atoms with Crippen LogP contribution in [0.1, 0.15) is 15.9 Å². The third kappa shape index (κ3) is 1.79. The number of carbonyl (C=O) groups is 1. The zero-order valence-corrected chi connectivity index (χ0v) is 9.21. The molecule has 2 rings (SSSR count). The molecule has 0 N–H and O–H groups in total. The van der Waals surface area contributed by atoms with Crippen molar-refractivity contribution in [3.05, 3.63) is 35.9 Å². The van der Waals surface area contributed by atoms with Crippen LogP contribution in [0.25, 0.3) is 5.76 Å². The van der Waals surface area contributed by atoms with Gasteiger partial charge in [0.15, 0.2) is 5.75 Å². The number of cyclic esters (lactones) is 1. The number of carbonyl (C=O) groups excluding carboxylic acids is 1. The minimum Gasteiger partial charge on any atom is -0.423 e. The van der Waals surface area contributed by atoms with Crippen molar-refractivity contribution in [2.45, 2.75) is 0 Å². The maximum absolute atomic E-state index is 11.3. The summed E-state index contributed by atoms with van der Waals surface area (Å²) in [5.74, 6) is -0.408. The molecule has 0 spiro atoms. The highest BCUT2D eigenvalue weighted by atomic mass is 32.2. The van der Waals surface area contributed by atoms with Crippen LogP contribution in [0.5, 0.6) is 5.75 Å². The first-order valence-electron chi connectivity index (χ1n) is 4.32. The quantitative estimate of drug-likeness (QED) is 0.573. The van der Waals surface area contributed by atoms with Gasteiger partial charge in [-0.05, 0) is 12.1 Å². The van der Waals surface area contributed by atoms with Gasteiger partial charge in [-0.1, -0.05) is 12.6 Å². The standard InChI is InChI=1S/C10H8O5S/c1-6-9-7(10(11)14-6)4-3-5-8(9)15-16(2,12)13/h3-5H,1H2,2H3. The number of fused-ring (bicyclic) bond motifs is 1. The van der Waals surface area contributed by atoms with Gasteiger partial charge < -0.3 is 8.92 Å². The van der Waals surface area contributed by atoms with Crippen LogP contribution in [-0.2, 0) is 14.9 Å². The van der Waals surface area contributed by atoms with Gasteiger partial charge in [0.2, 0.25) is 0 Å². The number of rotatable bonds is 2. The fourth-order valence-electron chi connectivity index (χ4n) is 1.44. The monoisotopic (exact) mass is 240 g/mol. The Morgan fingerprint density at radius 1 is 1.38 bits per heavy atom. The summed E-state index contributed by atoms with van der Waals surface area (Å²) in [6.45, 7) is 3.52. The van der Waals surface area contributed by atoms with Gasteiger partial charge in [0.25, 0.3) is 0 Å². The van der Waals surface area contributed by atoms with E-state index in [2.05, 4.69) is 6.58 Å². The van der Waals surface area contributed by atoms with E-state index in [1.807, 2.05) is 0 Å². The number of benzene rings is 1. The zero-order valence-electron chi connectivity index (χ0n) is 8.39. The maximum atomic E-state index is 11.3. The van der Waals surface area contributed by atoms with Crippen LogP contribution < -0.4 is 4.18 Å². The lowest BCUT2D eigenvalue weighted by Gasteiger charge is -2.06. The first kappa shape index (κ1) is 10.7. The molecule has 0 radical (unpaired) electrons. The predicted octanol–water partition coefficient (Wildman–Crippen LogP) is 1.17. The van der Waals surface area contributed by atoms with Crippen LogP contribution in [0, 0.1) is 0 Å². The Bertz CT molecular complexity index is 585. The minimum atomic E-state index is -3.65. The highest BCUT2D eigenvalue weighted by Gasteiger charge is 2.29. The van der Waals surface area contributed by atoms with Crippen molar-refractivity contribution in [3.63, 3.8) is 0 Å². The van der Waals surface area contributed by atoms with Gasteiger partial charge in [0, 0.05) is 0 Å². The maximum Gasteiger partial charge on any atom is 0.344 e. The summed E-state index contributed by atoms with van der Waals surface area (Å²) in [6, 6.07) is 4.47. The van der Waals surface area contributed by atoms with E-state index in [4.69, 9.17) is 8.92 Å². The molecule has 0 aliphatic carbocycles. The molecule has 0 fully saturated rings. The van der Waals surface area contributed by atoms with Gasteiger partial charge >= 0.3 is 16.1 Å². The number of hydrogen-bond donors (Lipinski definition) is 0. The molecule has 0 amide bonds. The Morgan fingerprint density at radius 3 is 2.69 bits per heavy atom. The summed E-state index contributed by atoms with van der Waals surface area (Å²) in [5, 5.41) is 0. The Kier molecular flexibility index (Phi) is 2.23. The first-order chi connectivity index (χ1) is 7.38. The normalized spacial score (nSPS) is 14.6. The predicted molar refractivity (Wildman–Crippen MR) is 56.4 cm³/mol. The van der Waals surface area contributed by atoms with Gasteiger partial charge in [-0.2, -0.15) is 8.42 Å². The van der Waals surface area contributed by atoms with Crippen molar-refractivity contribution in [1.29, 1.82) is 0 Å². The van der Waals surface area contributed by atoms with Crippen LogP contribution >= 0.6 is 0 Å². The first-order valence-corrected chi connectivity index (χ1v) is 6.14. The lowest BCUT2D eigenvalue weighted by atomic mass is 10.1. The van der Waals surface area contributed by atoms with Gasteiger partial charge in [0.05, 0.1) is 17.4 Å². The molecular formula is C10H8O5S. The van der Waals surface area contributed by atoms with Gasteiger partial charge in [-0.15, -0.1) is 0 Å². The topological polar surface area (TPSA) is 69.7 Å². The van der Waals surface area contributed by atoms with E-state index in [-0.39, 0.29) is 22.6 Å². The van der Waals surface area contributed by atoms with E-state index < -0.39 is 16.1 Å². The fourth-order valence-corrected chi connectivity index (χ4v) is 1.90. The molecule has 6 heteroatoms. The third-order valence-electron chi connectivity index (χ3n) is 1.98. The zero-order chi connectivity index (χ0) is 11.9. The Balaban J connectivity index is 2.58. The number of hydrogen-bond acceptors (Lipinski definition) is 5. The van der Waals surface area contributed by atoms with E-state index in [1.165, 1.54) is 18.2 Å². The third-order valence-corrected chi connectivity index (χ3v) is 2.46. The average Bonchev–Trinajstić information content (AvgIpc) is 2.41. The highest BCUT2D eigenvalue weighted by Crippen LogP contribution is 2.36. The average molecular weight is 240 g/mol. The van der Waals surface area contributed by atoms with Gasteiger partial charge in [0.1, 0.15) is 5.76 Å². The molecule has 1 heterocycles. The summed E-state index contributed by atoms with van der Waals surface area (Å²) < 4.78 is 31.5. The van der Waals surface area contributed by atoms with Crippen LogP contribution in [-0.4, -0.2) is 20.6 Å². The van der Waals surface area contributed by atoms with Gasteiger partial charge in [-0.3, -0.25) is 0 Å². The lowest BCUT2D eigenvalue weighted by molar-refractivity contribution is 0.0716. The SMILES string of the molecule is C=C1OC(=O)c2cccc(OS(C)(=O)=O)c21. The molecule has 1 aliphatic rings. The Labute approximate surface area is 92.4 Å². The molecular weight excluding hydrogens is 232 g/mol. The second kappa shape index (κ2) is 3.34. The molecule has 1 aromatic rings. The molecule has 5 nitrogen and oxygen atoms in total. The second-order valence-electron chi connectivity index (χ2n) is 3.28. The molecule has 84 valence electrons. The molecule has 0 saturated heterocycles. The Hall–Kier alpha value is -1.82. The van der Waals surface area contributed by atoms with Crippen LogP contribution in [0.15, 0.2) is 24.8 Å². The van der Waals surface area contributed by atoms with E-state index in [1.54, 1.807) is 0 Å². The molecule has 0 atom stereocenters. The second-order valence-corrected chi connectivity index (χ2v) is 4.85. The van der Waals surface area contributed by atoms with Crippen molar-refractivity contribution < 1.29 is 22.1 Å². The molecule has 1 aromatic carbocycles. The summed E-state index contributed by atoms with van der Waals surface area (Å²) >= 11 is 0. The number of esters is 1. The van der Waals surface area contributed by atoms with E-state index in [0.717, 1.165) is 6.26 Å². The van der Waals surface area contributed by atoms with Crippen LogP contribution in [0.2, 0.25) is 0 Å². The molecule has 0 aromatic heterocycles. The lowest BCUT2D eigenvalue weighted by Crippen LogP contribution is -2.07. The van der Waals surface area contributed by atoms with Crippen molar-refractivity contribution >= 4 is 21.8 Å². The molecule has 1 aliphatic heterocycles. The van der Waals surface area contributed by atoms with E-state index >= 15 is 0 Å². The van der Waals surface area contributed by atoms with Crippen molar-refractivity contribution in [2.24, 2.45) is 0 Å². The fraction of sp³-hybridized carbons (Fsp3) is 0.100. The van der Waals surface area contributed by atoms with E-state index in [9.17, 15) is 13.2 Å².